The molecule has 0 saturated heterocycles. The summed E-state index contributed by atoms with van der Waals surface area (Å²) in [6, 6.07) is 11.5. The minimum absolute atomic E-state index is 0.509. The molecule has 4 aromatic rings. The molecule has 1 aliphatic rings. The normalized spacial score (nSPS) is 12.6. The average molecular weight is 403 g/mol. The first-order chi connectivity index (χ1) is 14.3. The Labute approximate surface area is 171 Å². The summed E-state index contributed by atoms with van der Waals surface area (Å²) in [5.74, 6) is 1.98. The van der Waals surface area contributed by atoms with E-state index in [0.29, 0.717) is 19.2 Å². The molecule has 7 nitrogen and oxygen atoms in total. The van der Waals surface area contributed by atoms with Crippen LogP contribution in [-0.2, 0) is 0 Å². The van der Waals surface area contributed by atoms with Crippen molar-refractivity contribution in [1.29, 1.82) is 0 Å². The van der Waals surface area contributed by atoms with E-state index < -0.39 is 0 Å². The average Bonchev–Trinajstić information content (AvgIpc) is 3.16. The Bertz CT molecular complexity index is 1160. The Morgan fingerprint density at radius 1 is 1.00 bits per heavy atom. The molecule has 0 aliphatic carbocycles. The molecule has 29 heavy (non-hydrogen) atoms. The van der Waals surface area contributed by atoms with E-state index in [-0.39, 0.29) is 0 Å². The van der Waals surface area contributed by atoms with E-state index in [0.717, 1.165) is 44.0 Å². The van der Waals surface area contributed by atoms with Crippen LogP contribution in [0.2, 0.25) is 0 Å². The lowest BCUT2D eigenvalue weighted by atomic mass is 10.2. The number of fused-ring (bicyclic) bond motifs is 1. The topological polar surface area (TPSA) is 82.1 Å². The van der Waals surface area contributed by atoms with E-state index in [9.17, 15) is 0 Å². The number of ether oxygens (including phenoxy) is 2. The summed E-state index contributed by atoms with van der Waals surface area (Å²) in [5, 5.41) is 4.16. The predicted molar refractivity (Wildman–Crippen MR) is 112 cm³/mol. The van der Waals surface area contributed by atoms with Crippen LogP contribution in [-0.4, -0.2) is 33.1 Å². The first-order valence-corrected chi connectivity index (χ1v) is 9.96. The number of rotatable bonds is 4. The fourth-order valence-electron chi connectivity index (χ4n) is 3.04. The number of hydrogen-bond donors (Lipinski definition) is 1. The third-order valence-corrected chi connectivity index (χ3v) is 5.62. The van der Waals surface area contributed by atoms with Crippen LogP contribution in [0.4, 0.5) is 11.6 Å². The molecule has 144 valence electrons. The van der Waals surface area contributed by atoms with Crippen molar-refractivity contribution < 1.29 is 9.47 Å². The van der Waals surface area contributed by atoms with Gasteiger partial charge in [-0.2, -0.15) is 0 Å². The molecule has 8 heteroatoms. The minimum atomic E-state index is 0.509. The number of pyridine rings is 1. The maximum absolute atomic E-state index is 5.64. The van der Waals surface area contributed by atoms with E-state index >= 15 is 0 Å². The second kappa shape index (κ2) is 7.48. The second-order valence-corrected chi connectivity index (χ2v) is 7.42. The number of anilines is 2. The highest BCUT2D eigenvalue weighted by molar-refractivity contribution is 7.18. The minimum Gasteiger partial charge on any atom is -0.486 e. The Morgan fingerprint density at radius 3 is 2.76 bits per heavy atom. The van der Waals surface area contributed by atoms with Gasteiger partial charge in [0.1, 0.15) is 18.2 Å². The zero-order valence-corrected chi connectivity index (χ0v) is 16.4. The molecule has 0 spiro atoms. The zero-order valence-electron chi connectivity index (χ0n) is 15.6. The van der Waals surface area contributed by atoms with Crippen LogP contribution in [0.1, 0.15) is 5.69 Å². The van der Waals surface area contributed by atoms with Gasteiger partial charge < -0.3 is 14.8 Å². The van der Waals surface area contributed by atoms with E-state index in [1.165, 1.54) is 0 Å². The van der Waals surface area contributed by atoms with E-state index in [1.807, 2.05) is 49.5 Å². The highest BCUT2D eigenvalue weighted by atomic mass is 32.1. The van der Waals surface area contributed by atoms with Gasteiger partial charge in [0.2, 0.25) is 5.95 Å². The van der Waals surface area contributed by atoms with Crippen molar-refractivity contribution in [2.75, 3.05) is 18.5 Å². The number of benzene rings is 1. The van der Waals surface area contributed by atoms with E-state index in [2.05, 4.69) is 25.3 Å². The molecule has 1 N–H and O–H groups in total. The molecule has 5 rings (SSSR count). The fraction of sp³-hybridized carbons (Fsp3) is 0.143. The van der Waals surface area contributed by atoms with E-state index in [4.69, 9.17) is 9.47 Å². The van der Waals surface area contributed by atoms with Crippen LogP contribution < -0.4 is 14.8 Å². The van der Waals surface area contributed by atoms with Crippen molar-refractivity contribution in [2.45, 2.75) is 6.92 Å². The molecule has 0 bridgehead atoms. The summed E-state index contributed by atoms with van der Waals surface area (Å²) in [5.41, 5.74) is 3.59. The summed E-state index contributed by atoms with van der Waals surface area (Å²) in [6.45, 7) is 3.11. The summed E-state index contributed by atoms with van der Waals surface area (Å²) < 4.78 is 11.2. The van der Waals surface area contributed by atoms with Crippen molar-refractivity contribution in [3.8, 4) is 32.6 Å². The lowest BCUT2D eigenvalue weighted by Gasteiger charge is -2.19. The van der Waals surface area contributed by atoms with Crippen molar-refractivity contribution in [2.24, 2.45) is 0 Å². The van der Waals surface area contributed by atoms with Crippen LogP contribution in [0.15, 0.2) is 55.0 Å². The van der Waals surface area contributed by atoms with Gasteiger partial charge in [0.25, 0.3) is 0 Å². The maximum Gasteiger partial charge on any atom is 0.227 e. The molecule has 1 aliphatic heterocycles. The second-order valence-electron chi connectivity index (χ2n) is 6.42. The molecule has 0 atom stereocenters. The van der Waals surface area contributed by atoms with Gasteiger partial charge in [-0.25, -0.2) is 15.0 Å². The van der Waals surface area contributed by atoms with Gasteiger partial charge in [-0.3, -0.25) is 4.98 Å². The van der Waals surface area contributed by atoms with Crippen molar-refractivity contribution >= 4 is 23.0 Å². The summed E-state index contributed by atoms with van der Waals surface area (Å²) in [7, 11) is 0. The summed E-state index contributed by atoms with van der Waals surface area (Å²) >= 11 is 1.59. The standard InChI is InChI=1S/C21H17N5O2S/c1-13-19(29-20(24-13)14-3-2-7-22-12-14)16-6-8-23-21(26-16)25-15-4-5-17-18(11-15)28-10-9-27-17/h2-8,11-12H,9-10H2,1H3,(H,23,25,26). The van der Waals surface area contributed by atoms with Crippen LogP contribution >= 0.6 is 11.3 Å². The Balaban J connectivity index is 1.43. The number of thiazole rings is 1. The zero-order chi connectivity index (χ0) is 19.6. The van der Waals surface area contributed by atoms with Gasteiger partial charge in [0.15, 0.2) is 11.5 Å². The molecular weight excluding hydrogens is 386 g/mol. The number of nitrogens with one attached hydrogen (secondary N) is 1. The highest BCUT2D eigenvalue weighted by Crippen LogP contribution is 2.35. The van der Waals surface area contributed by atoms with Gasteiger partial charge in [0.05, 0.1) is 16.3 Å². The first-order valence-electron chi connectivity index (χ1n) is 9.14. The van der Waals surface area contributed by atoms with Crippen LogP contribution in [0.25, 0.3) is 21.1 Å². The Kier molecular flexibility index (Phi) is 4.53. The largest absolute Gasteiger partial charge is 0.486 e. The quantitative estimate of drug-likeness (QED) is 0.538. The van der Waals surface area contributed by atoms with Crippen LogP contribution in [0.5, 0.6) is 11.5 Å². The molecule has 0 unspecified atom stereocenters. The molecule has 0 amide bonds. The number of aryl methyl sites for hydroxylation is 1. The smallest absolute Gasteiger partial charge is 0.227 e. The third-order valence-electron chi connectivity index (χ3n) is 4.39. The third kappa shape index (κ3) is 3.62. The van der Waals surface area contributed by atoms with Gasteiger partial charge >= 0.3 is 0 Å². The van der Waals surface area contributed by atoms with E-state index in [1.54, 1.807) is 23.7 Å². The molecule has 4 heterocycles. The van der Waals surface area contributed by atoms with Crippen molar-refractivity contribution in [3.63, 3.8) is 0 Å². The lowest BCUT2D eigenvalue weighted by Crippen LogP contribution is -2.15. The molecule has 3 aromatic heterocycles. The number of aromatic nitrogens is 4. The molecular formula is C21H17N5O2S. The van der Waals surface area contributed by atoms with Gasteiger partial charge in [-0.15, -0.1) is 11.3 Å². The monoisotopic (exact) mass is 403 g/mol. The molecule has 0 fully saturated rings. The van der Waals surface area contributed by atoms with Gasteiger partial charge in [0, 0.05) is 35.9 Å². The number of hydrogen-bond acceptors (Lipinski definition) is 8. The highest BCUT2D eigenvalue weighted by Gasteiger charge is 2.15. The lowest BCUT2D eigenvalue weighted by molar-refractivity contribution is 0.171. The fourth-order valence-corrected chi connectivity index (χ4v) is 4.07. The number of nitrogens with zero attached hydrogens (tertiary/aromatic N) is 4. The summed E-state index contributed by atoms with van der Waals surface area (Å²) in [6.07, 6.45) is 5.31. The first kappa shape index (κ1) is 17.6. The van der Waals surface area contributed by atoms with Crippen LogP contribution in [0.3, 0.4) is 0 Å². The maximum atomic E-state index is 5.64. The van der Waals surface area contributed by atoms with Crippen molar-refractivity contribution in [3.05, 3.63) is 60.7 Å². The SMILES string of the molecule is Cc1nc(-c2cccnc2)sc1-c1ccnc(Nc2ccc3c(c2)OCCO3)n1. The van der Waals surface area contributed by atoms with Crippen molar-refractivity contribution in [1.82, 2.24) is 19.9 Å². The molecule has 1 aromatic carbocycles. The summed E-state index contributed by atoms with van der Waals surface area (Å²) in [4.78, 5) is 18.9. The Hall–Kier alpha value is -3.52. The Morgan fingerprint density at radius 2 is 1.90 bits per heavy atom. The molecule has 0 saturated carbocycles. The predicted octanol–water partition coefficient (Wildman–Crippen LogP) is 4.49. The van der Waals surface area contributed by atoms with Crippen LogP contribution in [0, 0.1) is 6.92 Å². The van der Waals surface area contributed by atoms with Gasteiger partial charge in [-0.1, -0.05) is 0 Å². The van der Waals surface area contributed by atoms with Gasteiger partial charge in [-0.05, 0) is 37.3 Å². The molecule has 0 radical (unpaired) electrons.